The van der Waals surface area contributed by atoms with Gasteiger partial charge in [0.2, 0.25) is 0 Å². The molecule has 4 nitrogen and oxygen atoms in total. The smallest absolute Gasteiger partial charge is 0.195 e. The summed E-state index contributed by atoms with van der Waals surface area (Å²) < 4.78 is 28.5. The van der Waals surface area contributed by atoms with Crippen LogP contribution in [-0.4, -0.2) is 48.0 Å². The second-order valence-corrected chi connectivity index (χ2v) is 7.36. The molecule has 1 saturated carbocycles. The van der Waals surface area contributed by atoms with Gasteiger partial charge in [-0.2, -0.15) is 17.0 Å². The lowest BCUT2D eigenvalue weighted by Gasteiger charge is -2.36. The summed E-state index contributed by atoms with van der Waals surface area (Å²) in [7, 11) is -3.29. The predicted octanol–water partition coefficient (Wildman–Crippen LogP) is 2.60. The average Bonchev–Trinajstić information content (AvgIpc) is 2.38. The van der Waals surface area contributed by atoms with Crippen molar-refractivity contribution < 1.29 is 8.42 Å². The van der Waals surface area contributed by atoms with Gasteiger partial charge >= 0.3 is 0 Å². The van der Waals surface area contributed by atoms with Crippen molar-refractivity contribution in [2.75, 3.05) is 25.0 Å². The second-order valence-electron chi connectivity index (χ2n) is 4.68. The summed E-state index contributed by atoms with van der Waals surface area (Å²) in [5.74, 6) is 0. The van der Waals surface area contributed by atoms with Crippen LogP contribution in [-0.2, 0) is 10.2 Å². The maximum absolute atomic E-state index is 12.6. The molecule has 108 valence electrons. The van der Waals surface area contributed by atoms with Gasteiger partial charge in [-0.1, -0.05) is 49.0 Å². The molecule has 0 atom stereocenters. The van der Waals surface area contributed by atoms with Crippen LogP contribution < -0.4 is 0 Å². The van der Waals surface area contributed by atoms with Gasteiger partial charge in [-0.05, 0) is 12.8 Å². The Hall–Kier alpha value is 0.350. The number of alkyl halides is 1. The average molecular weight is 341 g/mol. The first kappa shape index (κ1) is 16.4. The third-order valence-electron chi connectivity index (χ3n) is 3.61. The highest BCUT2D eigenvalue weighted by Gasteiger charge is 2.33. The van der Waals surface area contributed by atoms with Gasteiger partial charge in [0.05, 0.1) is 0 Å². The van der Waals surface area contributed by atoms with Crippen molar-refractivity contribution in [3.05, 3.63) is 0 Å². The second kappa shape index (κ2) is 7.82. The molecule has 1 aliphatic rings. The molecule has 6 heteroatoms. The van der Waals surface area contributed by atoms with E-state index < -0.39 is 10.2 Å². The summed E-state index contributed by atoms with van der Waals surface area (Å²) in [6.45, 7) is 5.46. The maximum atomic E-state index is 12.6. The topological polar surface area (TPSA) is 40.6 Å². The summed E-state index contributed by atoms with van der Waals surface area (Å²) >= 11 is 3.38. The van der Waals surface area contributed by atoms with Gasteiger partial charge in [0.15, 0.2) is 0 Å². The van der Waals surface area contributed by atoms with Crippen molar-refractivity contribution in [1.29, 1.82) is 0 Å². The summed E-state index contributed by atoms with van der Waals surface area (Å²) in [5.41, 5.74) is 0. The highest BCUT2D eigenvalue weighted by molar-refractivity contribution is 9.09. The Morgan fingerprint density at radius 1 is 1.11 bits per heavy atom. The third kappa shape index (κ3) is 3.92. The van der Waals surface area contributed by atoms with Crippen LogP contribution in [0, 0.1) is 0 Å². The van der Waals surface area contributed by atoms with E-state index in [4.69, 9.17) is 0 Å². The van der Waals surface area contributed by atoms with Crippen LogP contribution in [0.1, 0.15) is 46.0 Å². The van der Waals surface area contributed by atoms with Crippen LogP contribution in [0.15, 0.2) is 0 Å². The minimum Gasteiger partial charge on any atom is -0.195 e. The number of rotatable bonds is 7. The SMILES string of the molecule is CCN(CC)S(=O)(=O)N(CCBr)C1CCCCC1. The summed E-state index contributed by atoms with van der Waals surface area (Å²) in [6.07, 6.45) is 5.55. The first-order chi connectivity index (χ1) is 8.57. The maximum Gasteiger partial charge on any atom is 0.282 e. The highest BCUT2D eigenvalue weighted by Crippen LogP contribution is 2.26. The molecule has 0 amide bonds. The van der Waals surface area contributed by atoms with Crippen LogP contribution in [0.5, 0.6) is 0 Å². The predicted molar refractivity (Wildman–Crippen MR) is 79.2 cm³/mol. The van der Waals surface area contributed by atoms with Crippen molar-refractivity contribution in [2.45, 2.75) is 52.0 Å². The van der Waals surface area contributed by atoms with E-state index in [-0.39, 0.29) is 6.04 Å². The molecule has 0 heterocycles. The Balaban J connectivity index is 2.88. The normalized spacial score (nSPS) is 18.7. The van der Waals surface area contributed by atoms with Gasteiger partial charge < -0.3 is 0 Å². The van der Waals surface area contributed by atoms with Gasteiger partial charge in [0, 0.05) is 31.0 Å². The molecule has 0 aromatic carbocycles. The van der Waals surface area contributed by atoms with Crippen LogP contribution in [0.2, 0.25) is 0 Å². The monoisotopic (exact) mass is 340 g/mol. The standard InChI is InChI=1S/C12H25BrN2O2S/c1-3-14(4-2)18(16,17)15(11-10-13)12-8-6-5-7-9-12/h12H,3-11H2,1-2H3. The van der Waals surface area contributed by atoms with E-state index in [1.165, 1.54) is 6.42 Å². The highest BCUT2D eigenvalue weighted by atomic mass is 79.9. The Morgan fingerprint density at radius 3 is 2.11 bits per heavy atom. The van der Waals surface area contributed by atoms with Crippen molar-refractivity contribution in [2.24, 2.45) is 0 Å². The Labute approximate surface area is 120 Å². The first-order valence-corrected chi connectivity index (χ1v) is 9.42. The molecular weight excluding hydrogens is 316 g/mol. The lowest BCUT2D eigenvalue weighted by molar-refractivity contribution is 0.244. The van der Waals surface area contributed by atoms with Gasteiger partial charge in [-0.15, -0.1) is 0 Å². The van der Waals surface area contributed by atoms with E-state index in [2.05, 4.69) is 15.9 Å². The Morgan fingerprint density at radius 2 is 1.67 bits per heavy atom. The van der Waals surface area contributed by atoms with Gasteiger partial charge in [0.1, 0.15) is 0 Å². The molecule has 0 unspecified atom stereocenters. The molecule has 0 aliphatic heterocycles. The number of hydrogen-bond donors (Lipinski definition) is 0. The van der Waals surface area contributed by atoms with E-state index in [1.54, 1.807) is 8.61 Å². The number of nitrogens with zero attached hydrogens (tertiary/aromatic N) is 2. The minimum absolute atomic E-state index is 0.196. The van der Waals surface area contributed by atoms with Crippen molar-refractivity contribution in [1.82, 2.24) is 8.61 Å². The van der Waals surface area contributed by atoms with Crippen LogP contribution >= 0.6 is 15.9 Å². The molecule has 0 N–H and O–H groups in total. The molecule has 0 spiro atoms. The Kier molecular flexibility index (Phi) is 7.13. The first-order valence-electron chi connectivity index (χ1n) is 6.90. The third-order valence-corrected chi connectivity index (χ3v) is 6.21. The summed E-state index contributed by atoms with van der Waals surface area (Å²) in [5, 5.41) is 0.698. The number of halogens is 1. The zero-order valence-electron chi connectivity index (χ0n) is 11.4. The molecule has 1 aliphatic carbocycles. The molecule has 1 fully saturated rings. The van der Waals surface area contributed by atoms with E-state index in [1.807, 2.05) is 13.8 Å². The Bertz CT molecular complexity index is 325. The van der Waals surface area contributed by atoms with Crippen molar-refractivity contribution >= 4 is 26.1 Å². The molecular formula is C12H25BrN2O2S. The molecule has 0 radical (unpaired) electrons. The van der Waals surface area contributed by atoms with Gasteiger partial charge in [0.25, 0.3) is 10.2 Å². The fourth-order valence-electron chi connectivity index (χ4n) is 2.64. The van der Waals surface area contributed by atoms with E-state index in [9.17, 15) is 8.42 Å². The zero-order chi connectivity index (χ0) is 13.6. The summed E-state index contributed by atoms with van der Waals surface area (Å²) in [6, 6.07) is 0.196. The zero-order valence-corrected chi connectivity index (χ0v) is 13.8. The molecule has 1 rings (SSSR count). The molecule has 0 aromatic rings. The van der Waals surface area contributed by atoms with Gasteiger partial charge in [-0.25, -0.2) is 0 Å². The van der Waals surface area contributed by atoms with Gasteiger partial charge in [-0.3, -0.25) is 0 Å². The van der Waals surface area contributed by atoms with Crippen molar-refractivity contribution in [3.8, 4) is 0 Å². The largest absolute Gasteiger partial charge is 0.282 e. The van der Waals surface area contributed by atoms with E-state index in [0.29, 0.717) is 25.0 Å². The van der Waals surface area contributed by atoms with Crippen LogP contribution in [0.3, 0.4) is 0 Å². The van der Waals surface area contributed by atoms with E-state index >= 15 is 0 Å². The van der Waals surface area contributed by atoms with Crippen LogP contribution in [0.25, 0.3) is 0 Å². The fourth-order valence-corrected chi connectivity index (χ4v) is 5.11. The van der Waals surface area contributed by atoms with Crippen LogP contribution in [0.4, 0.5) is 0 Å². The van der Waals surface area contributed by atoms with Crippen molar-refractivity contribution in [3.63, 3.8) is 0 Å². The quantitative estimate of drug-likeness (QED) is 0.668. The molecule has 0 aromatic heterocycles. The fraction of sp³-hybridized carbons (Fsp3) is 1.00. The number of hydrogen-bond acceptors (Lipinski definition) is 2. The molecule has 0 saturated heterocycles. The minimum atomic E-state index is -3.29. The molecule has 0 bridgehead atoms. The summed E-state index contributed by atoms with van der Waals surface area (Å²) in [4.78, 5) is 0. The van der Waals surface area contributed by atoms with E-state index in [0.717, 1.165) is 25.7 Å². The lowest BCUT2D eigenvalue weighted by Crippen LogP contribution is -2.49. The molecule has 18 heavy (non-hydrogen) atoms. The lowest BCUT2D eigenvalue weighted by atomic mass is 9.95.